The van der Waals surface area contributed by atoms with Crippen molar-refractivity contribution in [2.24, 2.45) is 0 Å². The van der Waals surface area contributed by atoms with Crippen molar-refractivity contribution in [3.8, 4) is 5.75 Å². The van der Waals surface area contributed by atoms with Crippen molar-refractivity contribution in [1.29, 1.82) is 0 Å². The summed E-state index contributed by atoms with van der Waals surface area (Å²) in [6.07, 6.45) is -2.11. The van der Waals surface area contributed by atoms with E-state index in [1.807, 2.05) is 0 Å². The molecule has 13 heteroatoms. The highest BCUT2D eigenvalue weighted by molar-refractivity contribution is 7.80. The lowest BCUT2D eigenvalue weighted by Crippen LogP contribution is -2.62. The highest BCUT2D eigenvalue weighted by atomic mass is 35.5. The van der Waals surface area contributed by atoms with E-state index in [2.05, 4.69) is 12.6 Å². The second-order valence-corrected chi connectivity index (χ2v) is 8.09. The molecule has 0 bridgehead atoms. The molecule has 2 atom stereocenters. The maximum Gasteiger partial charge on any atom is 0.347 e. The number of hydrogen-bond donors (Lipinski definition) is 1. The molecule has 1 aliphatic rings. The Balaban J connectivity index is 2.21. The summed E-state index contributed by atoms with van der Waals surface area (Å²) in [7, 11) is 2.80. The van der Waals surface area contributed by atoms with Gasteiger partial charge in [-0.3, -0.25) is 14.6 Å². The van der Waals surface area contributed by atoms with E-state index >= 15 is 0 Å². The Kier molecular flexibility index (Phi) is 8.78. The Labute approximate surface area is 200 Å². The van der Waals surface area contributed by atoms with Crippen LogP contribution in [0.15, 0.2) is 12.1 Å². The highest BCUT2D eigenvalue weighted by Gasteiger charge is 2.41. The molecule has 0 saturated carbocycles. The van der Waals surface area contributed by atoms with Crippen molar-refractivity contribution in [2.75, 3.05) is 25.6 Å². The molecule has 1 heterocycles. The molecule has 2 rings (SSSR count). The van der Waals surface area contributed by atoms with Gasteiger partial charge in [-0.1, -0.05) is 11.6 Å². The van der Waals surface area contributed by atoms with Gasteiger partial charge in [-0.05, 0) is 26.8 Å². The average Bonchev–Trinajstić information content (AvgIpc) is 2.73. The number of halogens is 2. The predicted molar refractivity (Wildman–Crippen MR) is 120 cm³/mol. The Morgan fingerprint density at radius 3 is 2.30 bits per heavy atom. The zero-order valence-electron chi connectivity index (χ0n) is 18.7. The summed E-state index contributed by atoms with van der Waals surface area (Å²) in [5.74, 6) is -2.44. The SMILES string of the molecule is CCOC(=O)CC(C)OC(=O)C(C)Oc1cc(N2C(=O)N(C)C(S)N(C)C2=O)c(F)cc1Cl. The van der Waals surface area contributed by atoms with Gasteiger partial charge < -0.3 is 14.2 Å². The zero-order chi connectivity index (χ0) is 25.0. The first kappa shape index (κ1) is 26.5. The van der Waals surface area contributed by atoms with E-state index in [0.29, 0.717) is 4.90 Å². The first-order valence-corrected chi connectivity index (χ1v) is 10.8. The van der Waals surface area contributed by atoms with Crippen molar-refractivity contribution in [1.82, 2.24) is 9.80 Å². The van der Waals surface area contributed by atoms with Crippen LogP contribution in [0, 0.1) is 5.82 Å². The van der Waals surface area contributed by atoms with Crippen LogP contribution in [0.1, 0.15) is 27.2 Å². The number of benzene rings is 1. The molecule has 1 aromatic carbocycles. The van der Waals surface area contributed by atoms with Crippen LogP contribution in [0.3, 0.4) is 0 Å². The fourth-order valence-corrected chi connectivity index (χ4v) is 3.26. The molecule has 4 amide bonds. The molecule has 10 nitrogen and oxygen atoms in total. The molecule has 33 heavy (non-hydrogen) atoms. The Morgan fingerprint density at radius 2 is 1.76 bits per heavy atom. The molecule has 0 aliphatic carbocycles. The van der Waals surface area contributed by atoms with Gasteiger partial charge in [-0.2, -0.15) is 0 Å². The topological polar surface area (TPSA) is 106 Å². The van der Waals surface area contributed by atoms with Crippen LogP contribution >= 0.6 is 24.2 Å². The maximum absolute atomic E-state index is 14.7. The minimum Gasteiger partial charge on any atom is -0.477 e. The highest BCUT2D eigenvalue weighted by Crippen LogP contribution is 2.35. The van der Waals surface area contributed by atoms with Crippen LogP contribution in [0.25, 0.3) is 0 Å². The number of urea groups is 2. The molecule has 0 spiro atoms. The van der Waals surface area contributed by atoms with Crippen LogP contribution in [0.4, 0.5) is 19.7 Å². The average molecular weight is 506 g/mol. The van der Waals surface area contributed by atoms with Crippen LogP contribution in [0.2, 0.25) is 5.02 Å². The van der Waals surface area contributed by atoms with E-state index < -0.39 is 53.2 Å². The lowest BCUT2D eigenvalue weighted by Gasteiger charge is -2.41. The first-order valence-electron chi connectivity index (χ1n) is 9.92. The Hall–Kier alpha value is -2.73. The molecule has 1 aromatic rings. The summed E-state index contributed by atoms with van der Waals surface area (Å²) < 4.78 is 30.2. The van der Waals surface area contributed by atoms with Crippen molar-refractivity contribution < 1.29 is 37.8 Å². The van der Waals surface area contributed by atoms with Gasteiger partial charge in [0.15, 0.2) is 11.6 Å². The molecule has 182 valence electrons. The standard InChI is InChI=1S/C20H25ClFN3O7S/c1-6-30-16(26)7-10(2)31-17(27)11(3)32-15-9-14(13(22)8-12(15)21)25-18(28)23(4)20(33)24(5)19(25)29/h8-11,20,33H,6-7H2,1-5H3. The maximum atomic E-state index is 14.7. The van der Waals surface area contributed by atoms with Gasteiger partial charge in [0.05, 0.1) is 23.7 Å². The molecule has 0 N–H and O–H groups in total. The molecular formula is C20H25ClFN3O7S. The van der Waals surface area contributed by atoms with Crippen LogP contribution in [0.5, 0.6) is 5.75 Å². The van der Waals surface area contributed by atoms with Crippen LogP contribution in [-0.4, -0.2) is 72.2 Å². The van der Waals surface area contributed by atoms with E-state index in [9.17, 15) is 23.6 Å². The Morgan fingerprint density at radius 1 is 1.18 bits per heavy atom. The summed E-state index contributed by atoms with van der Waals surface area (Å²) in [4.78, 5) is 52.0. The Bertz CT molecular complexity index is 928. The van der Waals surface area contributed by atoms with Gasteiger partial charge in [-0.15, -0.1) is 12.6 Å². The fourth-order valence-electron chi connectivity index (χ4n) is 2.87. The summed E-state index contributed by atoms with van der Waals surface area (Å²) in [5.41, 5.74) is -1.25. The van der Waals surface area contributed by atoms with E-state index in [4.69, 9.17) is 25.8 Å². The number of amides is 4. The third-order valence-corrected chi connectivity index (χ3v) is 5.62. The van der Waals surface area contributed by atoms with Gasteiger partial charge in [0, 0.05) is 20.2 Å². The molecule has 1 fully saturated rings. The quantitative estimate of drug-likeness (QED) is 0.427. The van der Waals surface area contributed by atoms with E-state index in [1.54, 1.807) is 6.92 Å². The van der Waals surface area contributed by atoms with Crippen molar-refractivity contribution in [3.63, 3.8) is 0 Å². The molecule has 1 aliphatic heterocycles. The lowest BCUT2D eigenvalue weighted by molar-refractivity contribution is -0.159. The predicted octanol–water partition coefficient (Wildman–Crippen LogP) is 3.27. The summed E-state index contributed by atoms with van der Waals surface area (Å²) >= 11 is 10.2. The monoisotopic (exact) mass is 505 g/mol. The van der Waals surface area contributed by atoms with E-state index in [1.165, 1.54) is 27.9 Å². The summed E-state index contributed by atoms with van der Waals surface area (Å²) in [6.45, 7) is 4.73. The van der Waals surface area contributed by atoms with Gasteiger partial charge in [-0.25, -0.2) is 23.7 Å². The normalized spacial score (nSPS) is 16.5. The molecule has 0 aromatic heterocycles. The van der Waals surface area contributed by atoms with Gasteiger partial charge >= 0.3 is 24.0 Å². The van der Waals surface area contributed by atoms with Gasteiger partial charge in [0.2, 0.25) is 0 Å². The van der Waals surface area contributed by atoms with Crippen LogP contribution < -0.4 is 9.64 Å². The third kappa shape index (κ3) is 5.99. The molecule has 1 saturated heterocycles. The molecule has 0 radical (unpaired) electrons. The van der Waals surface area contributed by atoms with E-state index in [-0.39, 0.29) is 23.8 Å². The first-order chi connectivity index (χ1) is 15.4. The number of anilines is 1. The zero-order valence-corrected chi connectivity index (χ0v) is 20.4. The number of hydrogen-bond acceptors (Lipinski definition) is 8. The fraction of sp³-hybridized carbons (Fsp3) is 0.500. The number of thiol groups is 1. The minimum absolute atomic E-state index is 0.139. The number of ether oxygens (including phenoxy) is 3. The summed E-state index contributed by atoms with van der Waals surface area (Å²) in [5, 5.41) is -0.193. The smallest absolute Gasteiger partial charge is 0.347 e. The number of nitrogens with zero attached hydrogens (tertiary/aromatic N) is 3. The van der Waals surface area contributed by atoms with Gasteiger partial charge in [0.1, 0.15) is 17.7 Å². The number of carbonyl (C=O) groups excluding carboxylic acids is 4. The largest absolute Gasteiger partial charge is 0.477 e. The van der Waals surface area contributed by atoms with Crippen molar-refractivity contribution >= 4 is 53.9 Å². The van der Waals surface area contributed by atoms with Gasteiger partial charge in [0.25, 0.3) is 0 Å². The number of rotatable bonds is 8. The number of imide groups is 1. The van der Waals surface area contributed by atoms with E-state index in [0.717, 1.165) is 21.9 Å². The third-order valence-electron chi connectivity index (χ3n) is 4.63. The van der Waals surface area contributed by atoms with Crippen LogP contribution in [-0.2, 0) is 19.1 Å². The summed E-state index contributed by atoms with van der Waals surface area (Å²) in [6, 6.07) is 0.275. The second-order valence-electron chi connectivity index (χ2n) is 7.22. The lowest BCUT2D eigenvalue weighted by atomic mass is 10.2. The molecule has 2 unspecified atom stereocenters. The molecular weight excluding hydrogens is 481 g/mol. The minimum atomic E-state index is -1.20. The van der Waals surface area contributed by atoms with Crippen molar-refractivity contribution in [2.45, 2.75) is 44.9 Å². The van der Waals surface area contributed by atoms with Crippen molar-refractivity contribution in [3.05, 3.63) is 23.0 Å². The second kappa shape index (κ2) is 10.9. The number of esters is 2. The number of carbonyl (C=O) groups is 4.